The van der Waals surface area contributed by atoms with E-state index in [-0.39, 0.29) is 5.91 Å². The Kier molecular flexibility index (Phi) is 3.32. The number of nitrogens with one attached hydrogen (secondary N) is 1. The monoisotopic (exact) mass is 350 g/mol. The van der Waals surface area contributed by atoms with Gasteiger partial charge in [0.1, 0.15) is 5.54 Å². The molecule has 0 aromatic heterocycles. The van der Waals surface area contributed by atoms with E-state index in [1.165, 1.54) is 0 Å². The summed E-state index contributed by atoms with van der Waals surface area (Å²) in [5, 5.41) is 3.48. The molecular weight excluding hydrogens is 340 g/mol. The Balaban J connectivity index is 2.02. The zero-order chi connectivity index (χ0) is 14.3. The van der Waals surface area contributed by atoms with Gasteiger partial charge in [0, 0.05) is 27.2 Å². The van der Waals surface area contributed by atoms with Crippen LogP contribution in [0.1, 0.15) is 11.1 Å². The Morgan fingerprint density at radius 2 is 2.05 bits per heavy atom. The molecule has 0 aliphatic carbocycles. The number of rotatable bonds is 2. The summed E-state index contributed by atoms with van der Waals surface area (Å²) < 4.78 is 0.906. The van der Waals surface area contributed by atoms with Crippen LogP contribution >= 0.6 is 27.5 Å². The van der Waals surface area contributed by atoms with Gasteiger partial charge < -0.3 is 11.1 Å². The van der Waals surface area contributed by atoms with E-state index in [2.05, 4.69) is 21.2 Å². The van der Waals surface area contributed by atoms with E-state index in [1.54, 1.807) is 6.07 Å². The van der Waals surface area contributed by atoms with Gasteiger partial charge in [0.05, 0.1) is 0 Å². The average molecular weight is 352 g/mol. The van der Waals surface area contributed by atoms with Crippen LogP contribution in [-0.2, 0) is 16.8 Å². The van der Waals surface area contributed by atoms with Crippen molar-refractivity contribution in [2.45, 2.75) is 12.0 Å². The van der Waals surface area contributed by atoms with E-state index in [9.17, 15) is 4.79 Å². The first kappa shape index (κ1) is 13.6. The molecule has 2 aromatic rings. The molecule has 5 heteroatoms. The van der Waals surface area contributed by atoms with E-state index >= 15 is 0 Å². The van der Waals surface area contributed by atoms with Crippen molar-refractivity contribution < 1.29 is 4.79 Å². The quantitative estimate of drug-likeness (QED) is 0.870. The lowest BCUT2D eigenvalue weighted by Gasteiger charge is -2.22. The molecule has 102 valence electrons. The molecule has 1 atom stereocenters. The summed E-state index contributed by atoms with van der Waals surface area (Å²) in [6.45, 7) is 0. The fraction of sp³-hybridized carbons (Fsp3) is 0.133. The van der Waals surface area contributed by atoms with E-state index < -0.39 is 5.54 Å². The van der Waals surface area contributed by atoms with Crippen molar-refractivity contribution in [3.05, 3.63) is 63.1 Å². The Morgan fingerprint density at radius 3 is 2.80 bits per heavy atom. The van der Waals surface area contributed by atoms with E-state index in [1.807, 2.05) is 36.4 Å². The van der Waals surface area contributed by atoms with Crippen molar-refractivity contribution in [3.8, 4) is 0 Å². The van der Waals surface area contributed by atoms with Crippen LogP contribution in [-0.4, -0.2) is 5.91 Å². The second-order valence-electron chi connectivity index (χ2n) is 4.92. The molecule has 3 nitrogen and oxygen atoms in total. The predicted molar refractivity (Wildman–Crippen MR) is 83.8 cm³/mol. The van der Waals surface area contributed by atoms with E-state index in [0.717, 1.165) is 21.3 Å². The number of carbonyl (C=O) groups excluding carboxylic acids is 1. The summed E-state index contributed by atoms with van der Waals surface area (Å²) in [5.74, 6) is -0.189. The molecule has 0 radical (unpaired) electrons. The van der Waals surface area contributed by atoms with Crippen LogP contribution in [0.3, 0.4) is 0 Å². The predicted octanol–water partition coefficient (Wildman–Crippen LogP) is 3.45. The van der Waals surface area contributed by atoms with Crippen LogP contribution in [0, 0.1) is 0 Å². The van der Waals surface area contributed by atoms with Gasteiger partial charge in [-0.3, -0.25) is 4.79 Å². The molecular formula is C15H12BrClN2O. The molecule has 1 aliphatic rings. The van der Waals surface area contributed by atoms with Gasteiger partial charge in [-0.25, -0.2) is 0 Å². The highest BCUT2D eigenvalue weighted by molar-refractivity contribution is 9.10. The van der Waals surface area contributed by atoms with Crippen molar-refractivity contribution in [1.82, 2.24) is 0 Å². The van der Waals surface area contributed by atoms with Crippen molar-refractivity contribution in [1.29, 1.82) is 0 Å². The van der Waals surface area contributed by atoms with Crippen molar-refractivity contribution in [2.75, 3.05) is 5.32 Å². The number of fused-ring (bicyclic) bond motifs is 1. The van der Waals surface area contributed by atoms with Crippen LogP contribution in [0.4, 0.5) is 5.69 Å². The molecule has 20 heavy (non-hydrogen) atoms. The highest BCUT2D eigenvalue weighted by Gasteiger charge is 2.43. The Morgan fingerprint density at radius 1 is 1.25 bits per heavy atom. The molecule has 1 unspecified atom stereocenters. The van der Waals surface area contributed by atoms with E-state index in [4.69, 9.17) is 17.3 Å². The number of anilines is 1. The smallest absolute Gasteiger partial charge is 0.249 e. The minimum atomic E-state index is -1.05. The fourth-order valence-electron chi connectivity index (χ4n) is 2.51. The average Bonchev–Trinajstić information content (AvgIpc) is 2.60. The number of halogens is 2. The largest absolute Gasteiger partial charge is 0.324 e. The maximum absolute atomic E-state index is 12.3. The summed E-state index contributed by atoms with van der Waals surface area (Å²) >= 11 is 9.37. The maximum atomic E-state index is 12.3. The summed E-state index contributed by atoms with van der Waals surface area (Å²) in [7, 11) is 0. The number of benzene rings is 2. The number of hydrogen-bond acceptors (Lipinski definition) is 2. The molecule has 2 aromatic carbocycles. The Hall–Kier alpha value is -1.36. The van der Waals surface area contributed by atoms with Gasteiger partial charge in [0.15, 0.2) is 0 Å². The summed E-state index contributed by atoms with van der Waals surface area (Å²) in [4.78, 5) is 12.3. The molecule has 0 bridgehead atoms. The topological polar surface area (TPSA) is 55.1 Å². The lowest BCUT2D eigenvalue weighted by Crippen LogP contribution is -2.45. The maximum Gasteiger partial charge on any atom is 0.249 e. The first-order valence-electron chi connectivity index (χ1n) is 6.14. The standard InChI is InChI=1S/C15H12BrClN2O/c16-10-4-5-12-13(7-10)19-14(20)15(12,18)8-9-2-1-3-11(17)6-9/h1-7H,8,18H2,(H,19,20). The lowest BCUT2D eigenvalue weighted by molar-refractivity contribution is -0.120. The molecule has 1 heterocycles. The minimum Gasteiger partial charge on any atom is -0.324 e. The molecule has 3 rings (SSSR count). The third-order valence-corrected chi connectivity index (χ3v) is 4.22. The zero-order valence-electron chi connectivity index (χ0n) is 10.5. The first-order chi connectivity index (χ1) is 9.49. The van der Waals surface area contributed by atoms with Crippen molar-refractivity contribution in [3.63, 3.8) is 0 Å². The van der Waals surface area contributed by atoms with Crippen molar-refractivity contribution >= 4 is 39.1 Å². The van der Waals surface area contributed by atoms with Crippen LogP contribution < -0.4 is 11.1 Å². The highest BCUT2D eigenvalue weighted by atomic mass is 79.9. The summed E-state index contributed by atoms with van der Waals surface area (Å²) in [6.07, 6.45) is 0.411. The molecule has 0 fully saturated rings. The van der Waals surface area contributed by atoms with Gasteiger partial charge in [0.25, 0.3) is 0 Å². The third kappa shape index (κ3) is 2.24. The first-order valence-corrected chi connectivity index (χ1v) is 7.31. The second kappa shape index (κ2) is 4.88. The Bertz CT molecular complexity index is 704. The SMILES string of the molecule is NC1(Cc2cccc(Cl)c2)C(=O)Nc2cc(Br)ccc21. The zero-order valence-corrected chi connectivity index (χ0v) is 12.8. The van der Waals surface area contributed by atoms with E-state index in [0.29, 0.717) is 11.4 Å². The van der Waals surface area contributed by atoms with Gasteiger partial charge in [-0.05, 0) is 29.8 Å². The number of hydrogen-bond donors (Lipinski definition) is 2. The van der Waals surface area contributed by atoms with Crippen LogP contribution in [0.2, 0.25) is 5.02 Å². The van der Waals surface area contributed by atoms with Crippen LogP contribution in [0.5, 0.6) is 0 Å². The van der Waals surface area contributed by atoms with Gasteiger partial charge in [-0.2, -0.15) is 0 Å². The number of nitrogens with two attached hydrogens (primary N) is 1. The van der Waals surface area contributed by atoms with Crippen LogP contribution in [0.15, 0.2) is 46.9 Å². The second-order valence-corrected chi connectivity index (χ2v) is 6.27. The molecule has 0 saturated carbocycles. The molecule has 0 saturated heterocycles. The molecule has 0 spiro atoms. The normalized spacial score (nSPS) is 20.6. The van der Waals surface area contributed by atoms with Gasteiger partial charge >= 0.3 is 0 Å². The molecule has 3 N–H and O–H groups in total. The lowest BCUT2D eigenvalue weighted by atomic mass is 9.86. The fourth-order valence-corrected chi connectivity index (χ4v) is 3.08. The highest BCUT2D eigenvalue weighted by Crippen LogP contribution is 2.38. The van der Waals surface area contributed by atoms with Gasteiger partial charge in [0.2, 0.25) is 5.91 Å². The summed E-state index contributed by atoms with van der Waals surface area (Å²) in [5.41, 5.74) is 7.83. The van der Waals surface area contributed by atoms with Crippen LogP contribution in [0.25, 0.3) is 0 Å². The molecule has 1 aliphatic heterocycles. The third-order valence-electron chi connectivity index (χ3n) is 3.49. The number of amides is 1. The molecule has 1 amide bonds. The Labute approximate surface area is 130 Å². The number of carbonyl (C=O) groups is 1. The van der Waals surface area contributed by atoms with Crippen molar-refractivity contribution in [2.24, 2.45) is 5.73 Å². The summed E-state index contributed by atoms with van der Waals surface area (Å²) in [6, 6.07) is 13.0. The van der Waals surface area contributed by atoms with Gasteiger partial charge in [-0.15, -0.1) is 0 Å². The minimum absolute atomic E-state index is 0.189. The van der Waals surface area contributed by atoms with Gasteiger partial charge in [-0.1, -0.05) is 45.7 Å².